The summed E-state index contributed by atoms with van der Waals surface area (Å²) in [5.41, 5.74) is 0.974. The van der Waals surface area contributed by atoms with Crippen molar-refractivity contribution in [3.05, 3.63) is 36.3 Å². The summed E-state index contributed by atoms with van der Waals surface area (Å²) in [6.07, 6.45) is 4.41. The van der Waals surface area contributed by atoms with Crippen molar-refractivity contribution in [3.63, 3.8) is 0 Å². The van der Waals surface area contributed by atoms with Gasteiger partial charge in [-0.1, -0.05) is 0 Å². The number of piperidine rings is 1. The summed E-state index contributed by atoms with van der Waals surface area (Å²) in [6, 6.07) is 5.00. The topological polar surface area (TPSA) is 108 Å². The number of rotatable bonds is 6. The molecular weight excluding hydrogens is 370 g/mol. The van der Waals surface area contributed by atoms with Crippen LogP contribution in [0.2, 0.25) is 0 Å². The van der Waals surface area contributed by atoms with Crippen molar-refractivity contribution in [2.45, 2.75) is 25.9 Å². The number of likely N-dealkylation sites (tertiary alicyclic amines) is 1. The number of anilines is 1. The molecular formula is C17H23N5O4S. The van der Waals surface area contributed by atoms with E-state index in [1.54, 1.807) is 36.2 Å². The second-order valence-electron chi connectivity index (χ2n) is 6.30. The molecule has 0 saturated carbocycles. The van der Waals surface area contributed by atoms with Crippen LogP contribution in [0.5, 0.6) is 5.88 Å². The highest BCUT2D eigenvalue weighted by Crippen LogP contribution is 2.21. The number of hydrogen-bond acceptors (Lipinski definition) is 6. The van der Waals surface area contributed by atoms with Crippen molar-refractivity contribution in [3.8, 4) is 5.88 Å². The Hall–Kier alpha value is -2.62. The Morgan fingerprint density at radius 3 is 2.63 bits per heavy atom. The summed E-state index contributed by atoms with van der Waals surface area (Å²) in [6.45, 7) is 2.79. The van der Waals surface area contributed by atoms with Crippen LogP contribution in [0, 0.1) is 0 Å². The first-order valence-corrected chi connectivity index (χ1v) is 10.4. The van der Waals surface area contributed by atoms with Crippen LogP contribution in [0.25, 0.3) is 0 Å². The predicted molar refractivity (Wildman–Crippen MR) is 100 cm³/mol. The molecule has 0 unspecified atom stereocenters. The SMILES string of the molecule is CCS(=O)(=O)N(C)c1ccc(OC2CCN(C(=O)c3ccn[nH]3)CC2)nc1. The van der Waals surface area contributed by atoms with Crippen molar-refractivity contribution in [2.75, 3.05) is 30.2 Å². The van der Waals surface area contributed by atoms with Gasteiger partial charge in [-0.2, -0.15) is 5.10 Å². The summed E-state index contributed by atoms with van der Waals surface area (Å²) < 4.78 is 30.9. The van der Waals surface area contributed by atoms with Gasteiger partial charge in [0.1, 0.15) is 11.8 Å². The summed E-state index contributed by atoms with van der Waals surface area (Å²) >= 11 is 0. The Bertz CT molecular complexity index is 859. The maximum absolute atomic E-state index is 12.3. The van der Waals surface area contributed by atoms with Gasteiger partial charge in [0.05, 0.1) is 17.6 Å². The van der Waals surface area contributed by atoms with Crippen LogP contribution in [0.4, 0.5) is 5.69 Å². The number of pyridine rings is 1. The smallest absolute Gasteiger partial charge is 0.271 e. The van der Waals surface area contributed by atoms with Gasteiger partial charge in [-0.25, -0.2) is 13.4 Å². The Labute approximate surface area is 158 Å². The molecule has 1 aliphatic rings. The molecule has 0 atom stereocenters. The second-order valence-corrected chi connectivity index (χ2v) is 8.59. The van der Waals surface area contributed by atoms with Crippen LogP contribution in [0.15, 0.2) is 30.6 Å². The molecule has 146 valence electrons. The average molecular weight is 393 g/mol. The fourth-order valence-electron chi connectivity index (χ4n) is 2.88. The molecule has 1 amide bonds. The van der Waals surface area contributed by atoms with E-state index in [-0.39, 0.29) is 17.8 Å². The lowest BCUT2D eigenvalue weighted by Gasteiger charge is -2.31. The summed E-state index contributed by atoms with van der Waals surface area (Å²) in [7, 11) is -1.81. The number of carbonyl (C=O) groups is 1. The highest BCUT2D eigenvalue weighted by molar-refractivity contribution is 7.92. The quantitative estimate of drug-likeness (QED) is 0.792. The van der Waals surface area contributed by atoms with Crippen molar-refractivity contribution in [1.29, 1.82) is 0 Å². The lowest BCUT2D eigenvalue weighted by Crippen LogP contribution is -2.42. The van der Waals surface area contributed by atoms with Crippen molar-refractivity contribution in [2.24, 2.45) is 0 Å². The Kier molecular flexibility index (Phi) is 5.64. The number of nitrogens with one attached hydrogen (secondary N) is 1. The Morgan fingerprint density at radius 2 is 2.07 bits per heavy atom. The van der Waals surface area contributed by atoms with Crippen molar-refractivity contribution in [1.82, 2.24) is 20.1 Å². The van der Waals surface area contributed by atoms with Crippen LogP contribution in [0.3, 0.4) is 0 Å². The molecule has 1 saturated heterocycles. The minimum atomic E-state index is -3.32. The standard InChI is InChI=1S/C17H23N5O4S/c1-3-27(24,25)21(2)13-4-5-16(18-12-13)26-14-7-10-22(11-8-14)17(23)15-6-9-19-20-15/h4-6,9,12,14H,3,7-8,10-11H2,1-2H3,(H,19,20). The molecule has 0 radical (unpaired) electrons. The van der Waals surface area contributed by atoms with Crippen molar-refractivity contribution >= 4 is 21.6 Å². The predicted octanol–water partition coefficient (Wildman–Crippen LogP) is 1.27. The molecule has 27 heavy (non-hydrogen) atoms. The molecule has 2 aromatic rings. The lowest BCUT2D eigenvalue weighted by atomic mass is 10.1. The second kappa shape index (κ2) is 7.95. The monoisotopic (exact) mass is 393 g/mol. The van der Waals surface area contributed by atoms with Gasteiger partial charge in [0.15, 0.2) is 0 Å². The van der Waals surface area contributed by atoms with Gasteiger partial charge in [0, 0.05) is 45.2 Å². The molecule has 9 nitrogen and oxygen atoms in total. The molecule has 0 aliphatic carbocycles. The van der Waals surface area contributed by atoms with Crippen LogP contribution >= 0.6 is 0 Å². The van der Waals surface area contributed by atoms with E-state index < -0.39 is 10.0 Å². The van der Waals surface area contributed by atoms with Gasteiger partial charge in [0.25, 0.3) is 5.91 Å². The highest BCUT2D eigenvalue weighted by atomic mass is 32.2. The summed E-state index contributed by atoms with van der Waals surface area (Å²) in [4.78, 5) is 18.3. The van der Waals surface area contributed by atoms with E-state index in [0.29, 0.717) is 43.2 Å². The summed E-state index contributed by atoms with van der Waals surface area (Å²) in [5.74, 6) is 0.408. The van der Waals surface area contributed by atoms with E-state index in [1.165, 1.54) is 17.5 Å². The number of H-pyrrole nitrogens is 1. The fourth-order valence-corrected chi connectivity index (χ4v) is 3.69. The Morgan fingerprint density at radius 1 is 1.33 bits per heavy atom. The zero-order valence-electron chi connectivity index (χ0n) is 15.3. The average Bonchev–Trinajstić information content (AvgIpc) is 3.23. The van der Waals surface area contributed by atoms with E-state index in [2.05, 4.69) is 15.2 Å². The first-order valence-electron chi connectivity index (χ1n) is 8.78. The number of hydrogen-bond donors (Lipinski definition) is 1. The van der Waals surface area contributed by atoms with E-state index >= 15 is 0 Å². The zero-order valence-corrected chi connectivity index (χ0v) is 16.1. The molecule has 3 heterocycles. The van der Waals surface area contributed by atoms with E-state index in [4.69, 9.17) is 4.74 Å². The molecule has 3 rings (SSSR count). The molecule has 1 N–H and O–H groups in total. The van der Waals surface area contributed by atoms with Crippen molar-refractivity contribution < 1.29 is 17.9 Å². The third-order valence-electron chi connectivity index (χ3n) is 4.61. The highest BCUT2D eigenvalue weighted by Gasteiger charge is 2.25. The molecule has 1 fully saturated rings. The molecule has 10 heteroatoms. The number of aromatic nitrogens is 3. The van der Waals surface area contributed by atoms with Crippen LogP contribution in [-0.2, 0) is 10.0 Å². The van der Waals surface area contributed by atoms with Crippen LogP contribution in [-0.4, -0.2) is 66.4 Å². The molecule has 1 aliphatic heterocycles. The zero-order chi connectivity index (χ0) is 19.4. The largest absolute Gasteiger partial charge is 0.474 e. The van der Waals surface area contributed by atoms with Gasteiger partial charge in [-0.05, 0) is 19.1 Å². The van der Waals surface area contributed by atoms with Gasteiger partial charge >= 0.3 is 0 Å². The van der Waals surface area contributed by atoms with Crippen LogP contribution < -0.4 is 9.04 Å². The number of sulfonamides is 1. The molecule has 2 aromatic heterocycles. The minimum absolute atomic E-state index is 0.0254. The Balaban J connectivity index is 1.54. The number of nitrogens with zero attached hydrogens (tertiary/aromatic N) is 4. The van der Waals surface area contributed by atoms with Gasteiger partial charge in [-0.3, -0.25) is 14.2 Å². The van der Waals surface area contributed by atoms with Gasteiger partial charge < -0.3 is 9.64 Å². The molecule has 0 spiro atoms. The normalized spacial score (nSPS) is 15.6. The van der Waals surface area contributed by atoms with Gasteiger partial charge in [0.2, 0.25) is 15.9 Å². The number of ether oxygens (including phenoxy) is 1. The van der Waals surface area contributed by atoms with Crippen LogP contribution in [0.1, 0.15) is 30.3 Å². The fraction of sp³-hybridized carbons (Fsp3) is 0.471. The van der Waals surface area contributed by atoms with E-state index in [0.717, 1.165) is 0 Å². The molecule has 0 bridgehead atoms. The maximum Gasteiger partial charge on any atom is 0.271 e. The third-order valence-corrected chi connectivity index (χ3v) is 6.39. The minimum Gasteiger partial charge on any atom is -0.474 e. The summed E-state index contributed by atoms with van der Waals surface area (Å²) in [5, 5.41) is 6.49. The number of aromatic amines is 1. The number of amides is 1. The lowest BCUT2D eigenvalue weighted by molar-refractivity contribution is 0.0582. The maximum atomic E-state index is 12.3. The first-order chi connectivity index (χ1) is 12.9. The number of carbonyl (C=O) groups excluding carboxylic acids is 1. The third kappa shape index (κ3) is 4.38. The first kappa shape index (κ1) is 19.2. The van der Waals surface area contributed by atoms with E-state index in [9.17, 15) is 13.2 Å². The van der Waals surface area contributed by atoms with E-state index in [1.807, 2.05) is 0 Å². The molecule has 0 aromatic carbocycles. The van der Waals surface area contributed by atoms with Gasteiger partial charge in [-0.15, -0.1) is 0 Å².